The summed E-state index contributed by atoms with van der Waals surface area (Å²) in [6.07, 6.45) is 3.97. The summed E-state index contributed by atoms with van der Waals surface area (Å²) < 4.78 is 10.8. The highest BCUT2D eigenvalue weighted by atomic mass is 16.7. The third-order valence-corrected chi connectivity index (χ3v) is 5.02. The molecule has 1 saturated heterocycles. The highest BCUT2D eigenvalue weighted by molar-refractivity contribution is 5.79. The Bertz CT molecular complexity index is 609. The number of hydrogen-bond donors (Lipinski definition) is 2. The van der Waals surface area contributed by atoms with E-state index in [-0.39, 0.29) is 5.54 Å². The second-order valence-corrected chi connectivity index (χ2v) is 7.33. The average Bonchev–Trinajstić information content (AvgIpc) is 3.10. The van der Waals surface area contributed by atoms with Crippen LogP contribution in [0.15, 0.2) is 23.2 Å². The monoisotopic (exact) mass is 346 g/mol. The Hall–Kier alpha value is -1.95. The van der Waals surface area contributed by atoms with Crippen LogP contribution < -0.4 is 20.1 Å². The van der Waals surface area contributed by atoms with Gasteiger partial charge < -0.3 is 20.1 Å². The number of rotatable bonds is 5. The van der Waals surface area contributed by atoms with Gasteiger partial charge in [-0.05, 0) is 57.5 Å². The quantitative estimate of drug-likeness (QED) is 0.633. The smallest absolute Gasteiger partial charge is 0.231 e. The molecule has 0 atom stereocenters. The number of likely N-dealkylation sites (tertiary alicyclic amines) is 1. The molecular weight excluding hydrogens is 316 g/mol. The number of piperidine rings is 1. The minimum atomic E-state index is 0.122. The van der Waals surface area contributed by atoms with Crippen LogP contribution in [0.25, 0.3) is 0 Å². The molecule has 0 radical (unpaired) electrons. The summed E-state index contributed by atoms with van der Waals surface area (Å²) >= 11 is 0. The molecule has 0 amide bonds. The Morgan fingerprint density at radius 1 is 1.12 bits per heavy atom. The summed E-state index contributed by atoms with van der Waals surface area (Å²) in [5, 5.41) is 6.85. The normalized spacial score (nSPS) is 18.3. The molecule has 3 rings (SSSR count). The maximum atomic E-state index is 5.43. The third kappa shape index (κ3) is 4.57. The minimum absolute atomic E-state index is 0.122. The van der Waals surface area contributed by atoms with Crippen molar-refractivity contribution in [2.75, 3.05) is 33.5 Å². The third-order valence-electron chi connectivity index (χ3n) is 5.02. The second-order valence-electron chi connectivity index (χ2n) is 7.33. The first-order valence-electron chi connectivity index (χ1n) is 9.16. The largest absolute Gasteiger partial charge is 0.454 e. The van der Waals surface area contributed by atoms with Crippen molar-refractivity contribution in [1.82, 2.24) is 15.5 Å². The fourth-order valence-corrected chi connectivity index (χ4v) is 3.37. The van der Waals surface area contributed by atoms with E-state index >= 15 is 0 Å². The molecule has 1 fully saturated rings. The second kappa shape index (κ2) is 7.95. The Labute approximate surface area is 150 Å². The van der Waals surface area contributed by atoms with Crippen molar-refractivity contribution in [2.45, 2.75) is 45.2 Å². The van der Waals surface area contributed by atoms with Crippen LogP contribution in [0, 0.1) is 0 Å². The topological polar surface area (TPSA) is 58.1 Å². The molecule has 0 unspecified atom stereocenters. The van der Waals surface area contributed by atoms with Crippen molar-refractivity contribution in [1.29, 1.82) is 0 Å². The predicted molar refractivity (Wildman–Crippen MR) is 100 cm³/mol. The lowest BCUT2D eigenvalue weighted by Crippen LogP contribution is -2.54. The van der Waals surface area contributed by atoms with Gasteiger partial charge >= 0.3 is 0 Å². The first-order valence-corrected chi connectivity index (χ1v) is 9.16. The van der Waals surface area contributed by atoms with E-state index in [1.807, 2.05) is 25.2 Å². The van der Waals surface area contributed by atoms with Crippen molar-refractivity contribution >= 4 is 5.96 Å². The molecule has 1 aromatic carbocycles. The predicted octanol–water partition coefficient (Wildman–Crippen LogP) is 2.34. The molecule has 0 aromatic heterocycles. The summed E-state index contributed by atoms with van der Waals surface area (Å²) in [5.74, 6) is 2.45. The Morgan fingerprint density at radius 2 is 1.88 bits per heavy atom. The number of aliphatic imine (C=N–C) groups is 1. The number of ether oxygens (including phenoxy) is 2. The van der Waals surface area contributed by atoms with Gasteiger partial charge in [0.05, 0.1) is 0 Å². The Kier molecular flexibility index (Phi) is 5.68. The summed E-state index contributed by atoms with van der Waals surface area (Å²) in [7, 11) is 1.81. The van der Waals surface area contributed by atoms with Gasteiger partial charge in [-0.3, -0.25) is 9.89 Å². The van der Waals surface area contributed by atoms with Crippen LogP contribution in [-0.4, -0.2) is 49.9 Å². The van der Waals surface area contributed by atoms with Gasteiger partial charge in [0.15, 0.2) is 17.5 Å². The molecule has 2 heterocycles. The van der Waals surface area contributed by atoms with E-state index in [1.54, 1.807) is 0 Å². The van der Waals surface area contributed by atoms with E-state index in [2.05, 4.69) is 34.4 Å². The van der Waals surface area contributed by atoms with Gasteiger partial charge in [0.1, 0.15) is 0 Å². The molecule has 2 aliphatic heterocycles. The van der Waals surface area contributed by atoms with E-state index < -0.39 is 0 Å². The Morgan fingerprint density at radius 3 is 2.64 bits per heavy atom. The highest BCUT2D eigenvalue weighted by Gasteiger charge is 2.27. The van der Waals surface area contributed by atoms with Crippen LogP contribution in [0.4, 0.5) is 0 Å². The molecule has 0 spiro atoms. The van der Waals surface area contributed by atoms with Crippen LogP contribution in [-0.2, 0) is 6.54 Å². The molecule has 0 aliphatic carbocycles. The van der Waals surface area contributed by atoms with Gasteiger partial charge in [0, 0.05) is 25.7 Å². The maximum absolute atomic E-state index is 5.43. The number of guanidine groups is 1. The first-order chi connectivity index (χ1) is 12.1. The molecule has 2 N–H and O–H groups in total. The first kappa shape index (κ1) is 17.9. The number of fused-ring (bicyclic) bond motifs is 1. The number of nitrogens with zero attached hydrogens (tertiary/aromatic N) is 2. The van der Waals surface area contributed by atoms with Crippen LogP contribution >= 0.6 is 0 Å². The van der Waals surface area contributed by atoms with Gasteiger partial charge in [-0.2, -0.15) is 0 Å². The number of nitrogens with one attached hydrogen (secondary N) is 2. The molecule has 2 aliphatic rings. The van der Waals surface area contributed by atoms with E-state index in [1.165, 1.54) is 32.4 Å². The Balaban J connectivity index is 1.49. The standard InChI is InChI=1S/C19H30N4O2/c1-19(2,23-9-5-4-6-10-23)13-22-18(20-3)21-12-15-7-8-16-17(11-15)25-14-24-16/h7-8,11H,4-6,9-10,12-14H2,1-3H3,(H2,20,21,22). The van der Waals surface area contributed by atoms with Gasteiger partial charge in [-0.25, -0.2) is 0 Å². The molecule has 0 bridgehead atoms. The highest BCUT2D eigenvalue weighted by Crippen LogP contribution is 2.32. The van der Waals surface area contributed by atoms with E-state index in [0.717, 1.165) is 29.6 Å². The zero-order valence-electron chi connectivity index (χ0n) is 15.6. The molecular formula is C19H30N4O2. The fraction of sp³-hybridized carbons (Fsp3) is 0.632. The lowest BCUT2D eigenvalue weighted by molar-refractivity contribution is 0.0982. The minimum Gasteiger partial charge on any atom is -0.454 e. The van der Waals surface area contributed by atoms with E-state index in [0.29, 0.717) is 13.3 Å². The zero-order valence-corrected chi connectivity index (χ0v) is 15.6. The van der Waals surface area contributed by atoms with Gasteiger partial charge in [-0.15, -0.1) is 0 Å². The van der Waals surface area contributed by atoms with Gasteiger partial charge in [0.2, 0.25) is 6.79 Å². The SMILES string of the molecule is CN=C(NCc1ccc2c(c1)OCO2)NCC(C)(C)N1CCCCC1. The summed E-state index contributed by atoms with van der Waals surface area (Å²) in [6.45, 7) is 8.86. The molecule has 6 nitrogen and oxygen atoms in total. The molecule has 138 valence electrons. The summed E-state index contributed by atoms with van der Waals surface area (Å²) in [4.78, 5) is 6.92. The zero-order chi connectivity index (χ0) is 17.7. The van der Waals surface area contributed by atoms with Gasteiger partial charge in [0.25, 0.3) is 0 Å². The molecule has 1 aromatic rings. The van der Waals surface area contributed by atoms with Crippen LogP contribution in [0.2, 0.25) is 0 Å². The van der Waals surface area contributed by atoms with Crippen LogP contribution in [0.3, 0.4) is 0 Å². The number of hydrogen-bond acceptors (Lipinski definition) is 4. The maximum Gasteiger partial charge on any atom is 0.231 e. The molecule has 6 heteroatoms. The average molecular weight is 346 g/mol. The van der Waals surface area contributed by atoms with Gasteiger partial charge in [-0.1, -0.05) is 12.5 Å². The van der Waals surface area contributed by atoms with Crippen molar-refractivity contribution in [2.24, 2.45) is 4.99 Å². The van der Waals surface area contributed by atoms with Crippen molar-refractivity contribution < 1.29 is 9.47 Å². The lowest BCUT2D eigenvalue weighted by Gasteiger charge is -2.41. The number of benzene rings is 1. The molecule has 25 heavy (non-hydrogen) atoms. The lowest BCUT2D eigenvalue weighted by atomic mass is 9.98. The molecule has 0 saturated carbocycles. The van der Waals surface area contributed by atoms with Crippen LogP contribution in [0.5, 0.6) is 11.5 Å². The van der Waals surface area contributed by atoms with Crippen molar-refractivity contribution in [3.05, 3.63) is 23.8 Å². The van der Waals surface area contributed by atoms with Crippen LogP contribution in [0.1, 0.15) is 38.7 Å². The van der Waals surface area contributed by atoms with Crippen molar-refractivity contribution in [3.8, 4) is 11.5 Å². The van der Waals surface area contributed by atoms with Crippen molar-refractivity contribution in [3.63, 3.8) is 0 Å². The summed E-state index contributed by atoms with van der Waals surface area (Å²) in [6, 6.07) is 6.01. The fourth-order valence-electron chi connectivity index (χ4n) is 3.37. The summed E-state index contributed by atoms with van der Waals surface area (Å²) in [5.41, 5.74) is 1.26. The van der Waals surface area contributed by atoms with E-state index in [9.17, 15) is 0 Å². The van der Waals surface area contributed by atoms with E-state index in [4.69, 9.17) is 9.47 Å².